The molecule has 2 rings (SSSR count). The second-order valence-electron chi connectivity index (χ2n) is 5.81. The van der Waals surface area contributed by atoms with E-state index < -0.39 is 6.10 Å². The van der Waals surface area contributed by atoms with Crippen molar-refractivity contribution in [2.45, 2.75) is 12.6 Å². The molecular weight excluding hydrogens is 326 g/mol. The Kier molecular flexibility index (Phi) is 6.61. The maximum atomic E-state index is 12.0. The SMILES string of the molecule is CN(C)Cc1cccc(NC(=O)NCC(O)c2ccccc2Cl)c1. The number of urea groups is 1. The summed E-state index contributed by atoms with van der Waals surface area (Å²) in [6.07, 6.45) is -0.857. The van der Waals surface area contributed by atoms with Gasteiger partial charge >= 0.3 is 6.03 Å². The van der Waals surface area contributed by atoms with Crippen molar-refractivity contribution in [2.24, 2.45) is 0 Å². The summed E-state index contributed by atoms with van der Waals surface area (Å²) >= 11 is 6.03. The lowest BCUT2D eigenvalue weighted by atomic mass is 10.1. The van der Waals surface area contributed by atoms with Gasteiger partial charge in [-0.2, -0.15) is 0 Å². The predicted octanol–water partition coefficient (Wildman–Crippen LogP) is 3.26. The average molecular weight is 348 g/mol. The van der Waals surface area contributed by atoms with E-state index in [0.29, 0.717) is 16.3 Å². The number of aliphatic hydroxyl groups is 1. The first-order chi connectivity index (χ1) is 11.5. The van der Waals surface area contributed by atoms with Crippen LogP contribution >= 0.6 is 11.6 Å². The third-order valence-electron chi connectivity index (χ3n) is 3.40. The smallest absolute Gasteiger partial charge is 0.319 e. The van der Waals surface area contributed by atoms with Crippen molar-refractivity contribution in [3.8, 4) is 0 Å². The molecule has 1 atom stereocenters. The minimum absolute atomic E-state index is 0.0763. The molecule has 2 aromatic carbocycles. The first kappa shape index (κ1) is 18.3. The van der Waals surface area contributed by atoms with Crippen molar-refractivity contribution in [2.75, 3.05) is 26.0 Å². The van der Waals surface area contributed by atoms with Gasteiger partial charge in [0.15, 0.2) is 0 Å². The summed E-state index contributed by atoms with van der Waals surface area (Å²) in [6, 6.07) is 14.3. The Balaban J connectivity index is 1.88. The third-order valence-corrected chi connectivity index (χ3v) is 3.75. The van der Waals surface area contributed by atoms with Gasteiger partial charge < -0.3 is 20.6 Å². The molecule has 5 nitrogen and oxygen atoms in total. The third kappa shape index (κ3) is 5.53. The Morgan fingerprint density at radius 2 is 1.96 bits per heavy atom. The van der Waals surface area contributed by atoms with Crippen LogP contribution in [0.2, 0.25) is 5.02 Å². The van der Waals surface area contributed by atoms with E-state index in [-0.39, 0.29) is 12.6 Å². The zero-order valence-electron chi connectivity index (χ0n) is 13.8. The Hall–Kier alpha value is -2.08. The van der Waals surface area contributed by atoms with E-state index in [2.05, 4.69) is 15.5 Å². The normalized spacial score (nSPS) is 12.0. The lowest BCUT2D eigenvalue weighted by Gasteiger charge is -2.15. The molecule has 6 heteroatoms. The van der Waals surface area contributed by atoms with Crippen LogP contribution in [0.15, 0.2) is 48.5 Å². The van der Waals surface area contributed by atoms with Gasteiger partial charge in [-0.25, -0.2) is 4.79 Å². The van der Waals surface area contributed by atoms with E-state index in [4.69, 9.17) is 11.6 Å². The summed E-state index contributed by atoms with van der Waals surface area (Å²) in [5.74, 6) is 0. The summed E-state index contributed by atoms with van der Waals surface area (Å²) < 4.78 is 0. The fraction of sp³-hybridized carbons (Fsp3) is 0.278. The van der Waals surface area contributed by atoms with Gasteiger partial charge in [-0.1, -0.05) is 41.9 Å². The van der Waals surface area contributed by atoms with Crippen LogP contribution in [-0.4, -0.2) is 36.7 Å². The van der Waals surface area contributed by atoms with Crippen LogP contribution in [-0.2, 0) is 6.54 Å². The van der Waals surface area contributed by atoms with Crippen molar-refractivity contribution in [3.63, 3.8) is 0 Å². The molecule has 0 aliphatic heterocycles. The van der Waals surface area contributed by atoms with E-state index >= 15 is 0 Å². The summed E-state index contributed by atoms with van der Waals surface area (Å²) in [6.45, 7) is 0.870. The second-order valence-corrected chi connectivity index (χ2v) is 6.22. The van der Waals surface area contributed by atoms with Gasteiger partial charge in [0.2, 0.25) is 0 Å². The molecule has 0 saturated carbocycles. The lowest BCUT2D eigenvalue weighted by molar-refractivity contribution is 0.175. The molecule has 2 aromatic rings. The Morgan fingerprint density at radius 1 is 1.21 bits per heavy atom. The molecule has 0 saturated heterocycles. The zero-order chi connectivity index (χ0) is 17.5. The quantitative estimate of drug-likeness (QED) is 0.751. The van der Waals surface area contributed by atoms with Crippen molar-refractivity contribution in [3.05, 3.63) is 64.7 Å². The highest BCUT2D eigenvalue weighted by molar-refractivity contribution is 6.31. The first-order valence-corrected chi connectivity index (χ1v) is 8.04. The van der Waals surface area contributed by atoms with Crippen molar-refractivity contribution >= 4 is 23.3 Å². The Morgan fingerprint density at radius 3 is 2.67 bits per heavy atom. The number of hydrogen-bond acceptors (Lipinski definition) is 3. The molecule has 24 heavy (non-hydrogen) atoms. The highest BCUT2D eigenvalue weighted by Crippen LogP contribution is 2.21. The van der Waals surface area contributed by atoms with Crippen molar-refractivity contribution in [1.29, 1.82) is 0 Å². The van der Waals surface area contributed by atoms with Gasteiger partial charge in [-0.3, -0.25) is 0 Å². The minimum Gasteiger partial charge on any atom is -0.387 e. The summed E-state index contributed by atoms with van der Waals surface area (Å²) in [5.41, 5.74) is 2.40. The molecule has 1 unspecified atom stereocenters. The number of anilines is 1. The van der Waals surface area contributed by atoms with Crippen LogP contribution < -0.4 is 10.6 Å². The number of aliphatic hydroxyl groups excluding tert-OH is 1. The molecule has 0 bridgehead atoms. The molecule has 0 aliphatic rings. The number of nitrogens with zero attached hydrogens (tertiary/aromatic N) is 1. The average Bonchev–Trinajstić information content (AvgIpc) is 2.53. The molecule has 3 N–H and O–H groups in total. The highest BCUT2D eigenvalue weighted by atomic mass is 35.5. The molecule has 0 fully saturated rings. The van der Waals surface area contributed by atoms with Crippen LogP contribution in [0.5, 0.6) is 0 Å². The largest absolute Gasteiger partial charge is 0.387 e. The maximum Gasteiger partial charge on any atom is 0.319 e. The number of nitrogens with one attached hydrogen (secondary N) is 2. The van der Waals surface area contributed by atoms with Gasteiger partial charge in [0.1, 0.15) is 0 Å². The molecular formula is C18H22ClN3O2. The van der Waals surface area contributed by atoms with Crippen LogP contribution in [0.1, 0.15) is 17.2 Å². The highest BCUT2D eigenvalue weighted by Gasteiger charge is 2.12. The van der Waals surface area contributed by atoms with E-state index in [9.17, 15) is 9.90 Å². The number of halogens is 1. The van der Waals surface area contributed by atoms with Gasteiger partial charge in [0.25, 0.3) is 0 Å². The number of carbonyl (C=O) groups is 1. The van der Waals surface area contributed by atoms with E-state index in [0.717, 1.165) is 12.1 Å². The van der Waals surface area contributed by atoms with E-state index in [1.165, 1.54) is 0 Å². The minimum atomic E-state index is -0.857. The van der Waals surface area contributed by atoms with Gasteiger partial charge in [-0.05, 0) is 37.9 Å². The first-order valence-electron chi connectivity index (χ1n) is 7.66. The molecule has 128 valence electrons. The van der Waals surface area contributed by atoms with Crippen molar-refractivity contribution in [1.82, 2.24) is 10.2 Å². The Bertz CT molecular complexity index is 691. The standard InChI is InChI=1S/C18H22ClN3O2/c1-22(2)12-13-6-5-7-14(10-13)21-18(24)20-11-17(23)15-8-3-4-9-16(15)19/h3-10,17,23H,11-12H2,1-2H3,(H2,20,21,24). The topological polar surface area (TPSA) is 64.6 Å². The van der Waals surface area contributed by atoms with Crippen LogP contribution in [0.25, 0.3) is 0 Å². The predicted molar refractivity (Wildman–Crippen MR) is 97.3 cm³/mol. The van der Waals surface area contributed by atoms with Crippen LogP contribution in [0.4, 0.5) is 10.5 Å². The van der Waals surface area contributed by atoms with Crippen LogP contribution in [0.3, 0.4) is 0 Å². The number of rotatable bonds is 6. The molecule has 0 aliphatic carbocycles. The molecule has 0 aromatic heterocycles. The lowest BCUT2D eigenvalue weighted by Crippen LogP contribution is -2.32. The fourth-order valence-electron chi connectivity index (χ4n) is 2.33. The van der Waals surface area contributed by atoms with E-state index in [1.54, 1.807) is 24.3 Å². The number of benzene rings is 2. The molecule has 0 heterocycles. The zero-order valence-corrected chi connectivity index (χ0v) is 14.5. The fourth-order valence-corrected chi connectivity index (χ4v) is 2.59. The Labute approximate surface area is 147 Å². The van der Waals surface area contributed by atoms with Crippen molar-refractivity contribution < 1.29 is 9.90 Å². The monoisotopic (exact) mass is 347 g/mol. The van der Waals surface area contributed by atoms with Gasteiger partial charge in [0, 0.05) is 29.4 Å². The number of carbonyl (C=O) groups excluding carboxylic acids is 1. The summed E-state index contributed by atoms with van der Waals surface area (Å²) in [5, 5.41) is 16.0. The maximum absolute atomic E-state index is 12.0. The number of amides is 2. The second kappa shape index (κ2) is 8.68. The van der Waals surface area contributed by atoms with Gasteiger partial charge in [0.05, 0.1) is 6.10 Å². The molecule has 2 amide bonds. The molecule has 0 radical (unpaired) electrons. The summed E-state index contributed by atoms with van der Waals surface area (Å²) in [4.78, 5) is 14.0. The van der Waals surface area contributed by atoms with Gasteiger partial charge in [-0.15, -0.1) is 0 Å². The summed E-state index contributed by atoms with van der Waals surface area (Å²) in [7, 11) is 3.98. The van der Waals surface area contributed by atoms with Crippen LogP contribution in [0, 0.1) is 0 Å². The molecule has 0 spiro atoms. The number of hydrogen-bond donors (Lipinski definition) is 3. The van der Waals surface area contributed by atoms with E-state index in [1.807, 2.05) is 38.4 Å².